The lowest BCUT2D eigenvalue weighted by Gasteiger charge is -2.31. The number of amides is 2. The standard InChI is InChI=1S/C31H33N7O4/c1-35(2)28(40)17-37-15-22(14-32-37)33-29-31(42)36(3)16-26(34-29)24-5-4-6-27(25(24)18-39)38-12-11-21-13-20(19-7-8-19)9-10-23(21)30(38)41/h4-6,9-10,13-16,19,39H,7-8,11-12,17-18H2,1-3H3,(H,33,34). The Kier molecular flexibility index (Phi) is 7.11. The molecule has 0 bridgehead atoms. The van der Waals surface area contributed by atoms with Crippen LogP contribution < -0.4 is 15.8 Å². The lowest BCUT2D eigenvalue weighted by atomic mass is 9.93. The summed E-state index contributed by atoms with van der Waals surface area (Å²) in [6.45, 7) is 0.251. The highest BCUT2D eigenvalue weighted by atomic mass is 16.3. The van der Waals surface area contributed by atoms with E-state index in [-0.39, 0.29) is 36.3 Å². The summed E-state index contributed by atoms with van der Waals surface area (Å²) in [4.78, 5) is 46.5. The Balaban J connectivity index is 1.31. The Morgan fingerprint density at radius 2 is 1.93 bits per heavy atom. The summed E-state index contributed by atoms with van der Waals surface area (Å²) in [5.41, 5.74) is 5.47. The van der Waals surface area contributed by atoms with Gasteiger partial charge in [-0.3, -0.25) is 19.1 Å². The Morgan fingerprint density at radius 3 is 2.67 bits per heavy atom. The maximum atomic E-state index is 13.6. The van der Waals surface area contributed by atoms with Gasteiger partial charge in [-0.15, -0.1) is 0 Å². The third kappa shape index (κ3) is 5.18. The van der Waals surface area contributed by atoms with Crippen LogP contribution in [0, 0.1) is 0 Å². The number of aliphatic hydroxyl groups is 1. The average molecular weight is 568 g/mol. The summed E-state index contributed by atoms with van der Waals surface area (Å²) < 4.78 is 2.89. The van der Waals surface area contributed by atoms with E-state index in [2.05, 4.69) is 27.5 Å². The van der Waals surface area contributed by atoms with Gasteiger partial charge in [0, 0.05) is 56.8 Å². The van der Waals surface area contributed by atoms with Crippen molar-refractivity contribution in [1.82, 2.24) is 24.2 Å². The first-order valence-electron chi connectivity index (χ1n) is 14.0. The fourth-order valence-electron chi connectivity index (χ4n) is 5.39. The summed E-state index contributed by atoms with van der Waals surface area (Å²) in [5, 5.41) is 17.7. The fraction of sp³-hybridized carbons (Fsp3) is 0.323. The smallest absolute Gasteiger partial charge is 0.293 e. The van der Waals surface area contributed by atoms with Gasteiger partial charge in [0.25, 0.3) is 11.5 Å². The Labute approximate surface area is 243 Å². The van der Waals surface area contributed by atoms with E-state index < -0.39 is 0 Å². The molecule has 4 aromatic rings. The molecule has 1 fully saturated rings. The number of aliphatic hydroxyl groups excluding tert-OH is 1. The molecule has 2 aromatic carbocycles. The van der Waals surface area contributed by atoms with Crippen molar-refractivity contribution < 1.29 is 14.7 Å². The van der Waals surface area contributed by atoms with Gasteiger partial charge in [0.15, 0.2) is 5.82 Å². The number of rotatable bonds is 8. The summed E-state index contributed by atoms with van der Waals surface area (Å²) >= 11 is 0. The van der Waals surface area contributed by atoms with Crippen LogP contribution in [0.3, 0.4) is 0 Å². The molecule has 1 saturated carbocycles. The normalized spacial score (nSPS) is 14.6. The molecule has 1 aliphatic heterocycles. The number of hydrogen-bond donors (Lipinski definition) is 2. The van der Waals surface area contributed by atoms with Crippen LogP contribution in [0.15, 0.2) is 59.8 Å². The van der Waals surface area contributed by atoms with E-state index in [1.54, 1.807) is 38.4 Å². The van der Waals surface area contributed by atoms with Crippen LogP contribution in [-0.4, -0.2) is 61.8 Å². The van der Waals surface area contributed by atoms with Gasteiger partial charge >= 0.3 is 0 Å². The third-order valence-corrected chi connectivity index (χ3v) is 7.90. The molecule has 2 aromatic heterocycles. The second-order valence-corrected chi connectivity index (χ2v) is 11.1. The zero-order chi connectivity index (χ0) is 29.5. The Morgan fingerprint density at radius 1 is 1.12 bits per heavy atom. The van der Waals surface area contributed by atoms with E-state index in [4.69, 9.17) is 0 Å². The molecule has 42 heavy (non-hydrogen) atoms. The van der Waals surface area contributed by atoms with Gasteiger partial charge in [-0.1, -0.05) is 24.3 Å². The summed E-state index contributed by atoms with van der Waals surface area (Å²) in [7, 11) is 4.97. The Bertz CT molecular complexity index is 1750. The van der Waals surface area contributed by atoms with E-state index in [0.29, 0.717) is 46.2 Å². The molecule has 0 atom stereocenters. The molecule has 0 spiro atoms. The van der Waals surface area contributed by atoms with Crippen molar-refractivity contribution >= 4 is 29.0 Å². The van der Waals surface area contributed by atoms with E-state index >= 15 is 0 Å². The molecule has 11 heteroatoms. The van der Waals surface area contributed by atoms with Crippen LogP contribution in [-0.2, 0) is 31.4 Å². The minimum absolute atomic E-state index is 0.0637. The predicted octanol–water partition coefficient (Wildman–Crippen LogP) is 3.05. The van der Waals surface area contributed by atoms with Gasteiger partial charge in [0.1, 0.15) is 6.54 Å². The van der Waals surface area contributed by atoms with Crippen molar-refractivity contribution in [3.05, 3.63) is 87.6 Å². The van der Waals surface area contributed by atoms with Crippen LogP contribution in [0.25, 0.3) is 11.3 Å². The largest absolute Gasteiger partial charge is 0.392 e. The van der Waals surface area contributed by atoms with Crippen molar-refractivity contribution in [3.8, 4) is 11.3 Å². The van der Waals surface area contributed by atoms with Gasteiger partial charge in [0.2, 0.25) is 5.91 Å². The number of carbonyl (C=O) groups is 2. The van der Waals surface area contributed by atoms with Gasteiger partial charge in [-0.2, -0.15) is 5.10 Å². The summed E-state index contributed by atoms with van der Waals surface area (Å²) in [6.07, 6.45) is 7.91. The first-order chi connectivity index (χ1) is 20.2. The fourth-order valence-corrected chi connectivity index (χ4v) is 5.39. The van der Waals surface area contributed by atoms with Crippen LogP contribution in [0.5, 0.6) is 0 Å². The topological polar surface area (TPSA) is 126 Å². The van der Waals surface area contributed by atoms with Crippen LogP contribution in [0.4, 0.5) is 17.2 Å². The Hall–Kier alpha value is -4.77. The molecule has 2 amide bonds. The maximum Gasteiger partial charge on any atom is 0.293 e. The van der Waals surface area contributed by atoms with E-state index in [1.807, 2.05) is 24.3 Å². The molecule has 0 unspecified atom stereocenters. The third-order valence-electron chi connectivity index (χ3n) is 7.90. The molecule has 2 aliphatic rings. The minimum Gasteiger partial charge on any atom is -0.392 e. The lowest BCUT2D eigenvalue weighted by molar-refractivity contribution is -0.129. The average Bonchev–Trinajstić information content (AvgIpc) is 3.75. The van der Waals surface area contributed by atoms with Crippen molar-refractivity contribution in [2.45, 2.75) is 38.3 Å². The van der Waals surface area contributed by atoms with Crippen molar-refractivity contribution in [2.24, 2.45) is 7.05 Å². The maximum absolute atomic E-state index is 13.6. The molecule has 0 radical (unpaired) electrons. The van der Waals surface area contributed by atoms with Crippen LogP contribution in [0.2, 0.25) is 0 Å². The summed E-state index contributed by atoms with van der Waals surface area (Å²) in [5.74, 6) is 0.484. The molecule has 6 rings (SSSR count). The lowest BCUT2D eigenvalue weighted by Crippen LogP contribution is -2.38. The minimum atomic E-state index is -0.356. The number of likely N-dealkylation sites (N-methyl/N-ethyl adjacent to an activating group) is 1. The van der Waals surface area contributed by atoms with Gasteiger partial charge in [-0.25, -0.2) is 4.98 Å². The molecule has 2 N–H and O–H groups in total. The second kappa shape index (κ2) is 10.9. The highest BCUT2D eigenvalue weighted by molar-refractivity contribution is 6.09. The van der Waals surface area contributed by atoms with Crippen molar-refractivity contribution in [1.29, 1.82) is 0 Å². The van der Waals surface area contributed by atoms with E-state index in [1.165, 1.54) is 38.8 Å². The van der Waals surface area contributed by atoms with Crippen LogP contribution in [0.1, 0.15) is 45.8 Å². The van der Waals surface area contributed by atoms with E-state index in [0.717, 1.165) is 12.0 Å². The molecule has 11 nitrogen and oxygen atoms in total. The second-order valence-electron chi connectivity index (χ2n) is 11.1. The number of benzene rings is 2. The zero-order valence-corrected chi connectivity index (χ0v) is 23.9. The number of nitrogens with one attached hydrogen (secondary N) is 1. The zero-order valence-electron chi connectivity index (χ0n) is 23.9. The first-order valence-corrected chi connectivity index (χ1v) is 14.0. The molecular formula is C31H33N7O4. The van der Waals surface area contributed by atoms with Crippen molar-refractivity contribution in [3.63, 3.8) is 0 Å². The van der Waals surface area contributed by atoms with Gasteiger partial charge in [-0.05, 0) is 48.4 Å². The number of anilines is 3. The number of aryl methyl sites for hydroxylation is 1. The highest BCUT2D eigenvalue weighted by Gasteiger charge is 2.30. The van der Waals surface area contributed by atoms with Gasteiger partial charge in [0.05, 0.1) is 29.9 Å². The SMILES string of the molecule is CN(C)C(=O)Cn1cc(Nc2nc(-c3cccc(N4CCc5cc(C6CC6)ccc5C4=O)c3CO)cn(C)c2=O)cn1. The van der Waals surface area contributed by atoms with E-state index in [9.17, 15) is 19.5 Å². The van der Waals surface area contributed by atoms with Gasteiger partial charge < -0.3 is 24.8 Å². The number of hydrogen-bond acceptors (Lipinski definition) is 7. The number of fused-ring (bicyclic) bond motifs is 1. The first kappa shape index (κ1) is 27.4. The monoisotopic (exact) mass is 567 g/mol. The number of carbonyl (C=O) groups excluding carboxylic acids is 2. The van der Waals surface area contributed by atoms with Crippen LogP contribution >= 0.6 is 0 Å². The molecule has 0 saturated heterocycles. The quantitative estimate of drug-likeness (QED) is 0.335. The predicted molar refractivity (Wildman–Crippen MR) is 159 cm³/mol. The molecule has 1 aliphatic carbocycles. The number of aromatic nitrogens is 4. The molecule has 216 valence electrons. The van der Waals surface area contributed by atoms with Crippen molar-refractivity contribution in [2.75, 3.05) is 30.9 Å². The molecule has 3 heterocycles. The summed E-state index contributed by atoms with van der Waals surface area (Å²) in [6, 6.07) is 11.7. The molecular weight excluding hydrogens is 534 g/mol. The number of nitrogens with zero attached hydrogens (tertiary/aromatic N) is 6. The highest BCUT2D eigenvalue weighted by Crippen LogP contribution is 2.41.